The minimum Gasteiger partial charge on any atom is -0.391 e. The second kappa shape index (κ2) is 6.51. The van der Waals surface area contributed by atoms with Gasteiger partial charge < -0.3 is 10.0 Å². The second-order valence-electron chi connectivity index (χ2n) is 6.20. The van der Waals surface area contributed by atoms with E-state index in [0.717, 1.165) is 12.1 Å². The number of hydrogen-bond acceptors (Lipinski definition) is 3. The molecule has 0 spiro atoms. The zero-order valence-corrected chi connectivity index (χ0v) is 13.6. The Morgan fingerprint density at radius 2 is 2.12 bits per heavy atom. The van der Waals surface area contributed by atoms with Crippen LogP contribution in [0, 0.1) is 0 Å². The number of nitrogens with zero attached hydrogens (tertiary/aromatic N) is 3. The predicted molar refractivity (Wildman–Crippen MR) is 83.4 cm³/mol. The largest absolute Gasteiger partial charge is 0.416 e. The Hall–Kier alpha value is -2.35. The zero-order valence-electron chi connectivity index (χ0n) is 13.6. The summed E-state index contributed by atoms with van der Waals surface area (Å²) in [6.45, 7) is 0.109. The Labute approximate surface area is 142 Å². The van der Waals surface area contributed by atoms with E-state index in [2.05, 4.69) is 5.10 Å². The molecular formula is C17H18F3N3O2. The lowest BCUT2D eigenvalue weighted by molar-refractivity contribution is -0.137. The normalized spacial score (nSPS) is 20.9. The smallest absolute Gasteiger partial charge is 0.391 e. The first-order chi connectivity index (χ1) is 11.8. The number of carbonyl (C=O) groups is 1. The quantitative estimate of drug-likeness (QED) is 0.921. The minimum absolute atomic E-state index is 0.0820. The van der Waals surface area contributed by atoms with Crippen LogP contribution in [0.4, 0.5) is 13.2 Å². The number of β-amino-alcohol motifs (C(OH)–C–C–N with tert-alkyl or cyclic N) is 1. The van der Waals surface area contributed by atoms with E-state index < -0.39 is 23.9 Å². The van der Waals surface area contributed by atoms with Crippen molar-refractivity contribution in [2.45, 2.75) is 31.2 Å². The van der Waals surface area contributed by atoms with Crippen LogP contribution >= 0.6 is 0 Å². The van der Waals surface area contributed by atoms with Gasteiger partial charge in [0.05, 0.1) is 24.1 Å². The van der Waals surface area contributed by atoms with Crippen LogP contribution < -0.4 is 0 Å². The van der Waals surface area contributed by atoms with E-state index in [-0.39, 0.29) is 25.3 Å². The molecule has 1 aliphatic rings. The van der Waals surface area contributed by atoms with Gasteiger partial charge in [-0.1, -0.05) is 12.1 Å². The van der Waals surface area contributed by atoms with Gasteiger partial charge in [-0.3, -0.25) is 9.48 Å². The molecule has 1 saturated heterocycles. The summed E-state index contributed by atoms with van der Waals surface area (Å²) in [6, 6.07) is 6.07. The molecule has 2 heterocycles. The van der Waals surface area contributed by atoms with E-state index in [4.69, 9.17) is 0 Å². The number of benzene rings is 1. The zero-order chi connectivity index (χ0) is 18.2. The van der Waals surface area contributed by atoms with Crippen molar-refractivity contribution in [3.63, 3.8) is 0 Å². The maximum absolute atomic E-state index is 12.9. The van der Waals surface area contributed by atoms with E-state index in [1.54, 1.807) is 30.1 Å². The number of aromatic nitrogens is 2. The first-order valence-corrected chi connectivity index (χ1v) is 7.87. The van der Waals surface area contributed by atoms with Gasteiger partial charge in [-0.15, -0.1) is 0 Å². The van der Waals surface area contributed by atoms with Crippen molar-refractivity contribution in [2.75, 3.05) is 6.54 Å². The Morgan fingerprint density at radius 1 is 1.36 bits per heavy atom. The molecule has 1 aliphatic heterocycles. The monoisotopic (exact) mass is 353 g/mol. The Bertz CT molecular complexity index is 772. The third-order valence-electron chi connectivity index (χ3n) is 4.45. The fourth-order valence-corrected chi connectivity index (χ4v) is 3.16. The highest BCUT2D eigenvalue weighted by atomic mass is 19.4. The molecule has 0 aliphatic carbocycles. The molecule has 0 bridgehead atoms. The first kappa shape index (κ1) is 17.5. The van der Waals surface area contributed by atoms with Gasteiger partial charge in [0.2, 0.25) is 5.91 Å². The molecule has 5 nitrogen and oxygen atoms in total. The lowest BCUT2D eigenvalue weighted by Gasteiger charge is -2.25. The van der Waals surface area contributed by atoms with E-state index in [1.165, 1.54) is 11.0 Å². The topological polar surface area (TPSA) is 58.4 Å². The van der Waals surface area contributed by atoms with Gasteiger partial charge in [0.1, 0.15) is 0 Å². The van der Waals surface area contributed by atoms with Gasteiger partial charge in [-0.05, 0) is 30.2 Å². The Balaban J connectivity index is 1.85. The molecule has 0 saturated carbocycles. The van der Waals surface area contributed by atoms with Gasteiger partial charge >= 0.3 is 6.18 Å². The molecule has 1 aromatic heterocycles. The van der Waals surface area contributed by atoms with Crippen LogP contribution in [0.1, 0.15) is 29.3 Å². The highest BCUT2D eigenvalue weighted by Gasteiger charge is 2.37. The van der Waals surface area contributed by atoms with Crippen LogP contribution in [0.25, 0.3) is 0 Å². The molecule has 1 fully saturated rings. The molecule has 25 heavy (non-hydrogen) atoms. The van der Waals surface area contributed by atoms with E-state index in [9.17, 15) is 23.1 Å². The fraction of sp³-hybridized carbons (Fsp3) is 0.412. The number of aryl methyl sites for hydroxylation is 1. The molecule has 2 atom stereocenters. The molecule has 2 aromatic rings. The molecule has 1 aromatic carbocycles. The number of rotatable bonds is 3. The van der Waals surface area contributed by atoms with Crippen molar-refractivity contribution in [1.82, 2.24) is 14.7 Å². The molecule has 8 heteroatoms. The van der Waals surface area contributed by atoms with E-state index in [0.29, 0.717) is 11.3 Å². The molecule has 3 rings (SSSR count). The van der Waals surface area contributed by atoms with Crippen LogP contribution in [-0.4, -0.2) is 38.3 Å². The summed E-state index contributed by atoms with van der Waals surface area (Å²) >= 11 is 0. The average Bonchev–Trinajstić information content (AvgIpc) is 3.13. The van der Waals surface area contributed by atoms with Crippen molar-refractivity contribution in [1.29, 1.82) is 0 Å². The molecular weight excluding hydrogens is 335 g/mol. The maximum Gasteiger partial charge on any atom is 0.416 e. The summed E-state index contributed by atoms with van der Waals surface area (Å²) in [7, 11) is 1.71. The third-order valence-corrected chi connectivity index (χ3v) is 4.45. The lowest BCUT2D eigenvalue weighted by atomic mass is 10.0. The predicted octanol–water partition coefficient (Wildman–Crippen LogP) is 2.32. The van der Waals surface area contributed by atoms with Crippen LogP contribution in [0.5, 0.6) is 0 Å². The first-order valence-electron chi connectivity index (χ1n) is 7.87. The second-order valence-corrected chi connectivity index (χ2v) is 6.20. The van der Waals surface area contributed by atoms with Crippen molar-refractivity contribution in [3.05, 3.63) is 53.3 Å². The standard InChI is InChI=1S/C17H18F3N3O2/c1-22-13(5-6-21-22)8-16(25)23-10-14(24)9-15(23)11-3-2-4-12(7-11)17(18,19)20/h2-7,14-15,24H,8-10H2,1H3/t14-,15+/m1/s1. The number of halogens is 3. The Morgan fingerprint density at radius 3 is 2.76 bits per heavy atom. The van der Waals surface area contributed by atoms with Crippen LogP contribution in [0.2, 0.25) is 0 Å². The van der Waals surface area contributed by atoms with Gasteiger partial charge in [0.15, 0.2) is 0 Å². The summed E-state index contributed by atoms with van der Waals surface area (Å²) in [4.78, 5) is 14.1. The SMILES string of the molecule is Cn1nccc1CC(=O)N1C[C@H](O)C[C@H]1c1cccc(C(F)(F)F)c1. The van der Waals surface area contributed by atoms with Crippen LogP contribution in [-0.2, 0) is 24.4 Å². The molecule has 134 valence electrons. The van der Waals surface area contributed by atoms with E-state index >= 15 is 0 Å². The van der Waals surface area contributed by atoms with Gasteiger partial charge in [-0.25, -0.2) is 0 Å². The highest BCUT2D eigenvalue weighted by Crippen LogP contribution is 2.36. The molecule has 0 radical (unpaired) electrons. The van der Waals surface area contributed by atoms with Crippen molar-refractivity contribution < 1.29 is 23.1 Å². The number of likely N-dealkylation sites (tertiary alicyclic amines) is 1. The summed E-state index contributed by atoms with van der Waals surface area (Å²) in [5.41, 5.74) is 0.323. The average molecular weight is 353 g/mol. The van der Waals surface area contributed by atoms with Crippen LogP contribution in [0.3, 0.4) is 0 Å². The number of hydrogen-bond donors (Lipinski definition) is 1. The van der Waals surface area contributed by atoms with Gasteiger partial charge in [-0.2, -0.15) is 18.3 Å². The summed E-state index contributed by atoms with van der Waals surface area (Å²) in [5.74, 6) is -0.248. The highest BCUT2D eigenvalue weighted by molar-refractivity contribution is 5.79. The minimum atomic E-state index is -4.45. The lowest BCUT2D eigenvalue weighted by Crippen LogP contribution is -2.33. The maximum atomic E-state index is 12.9. The van der Waals surface area contributed by atoms with Crippen molar-refractivity contribution in [2.24, 2.45) is 7.05 Å². The van der Waals surface area contributed by atoms with Crippen molar-refractivity contribution in [3.8, 4) is 0 Å². The van der Waals surface area contributed by atoms with Gasteiger partial charge in [0, 0.05) is 25.5 Å². The van der Waals surface area contributed by atoms with E-state index in [1.807, 2.05) is 0 Å². The summed E-state index contributed by atoms with van der Waals surface area (Å²) in [6.07, 6.45) is -3.32. The summed E-state index contributed by atoms with van der Waals surface area (Å²) in [5, 5.41) is 14.0. The number of alkyl halides is 3. The number of carbonyl (C=O) groups excluding carboxylic acids is 1. The fourth-order valence-electron chi connectivity index (χ4n) is 3.16. The third kappa shape index (κ3) is 3.68. The molecule has 1 N–H and O–H groups in total. The molecule has 1 amide bonds. The molecule has 0 unspecified atom stereocenters. The van der Waals surface area contributed by atoms with Crippen LogP contribution in [0.15, 0.2) is 36.5 Å². The number of aliphatic hydroxyl groups excluding tert-OH is 1. The Kier molecular flexibility index (Phi) is 4.55. The number of amides is 1. The van der Waals surface area contributed by atoms with Gasteiger partial charge in [0.25, 0.3) is 0 Å². The number of aliphatic hydroxyl groups is 1. The summed E-state index contributed by atoms with van der Waals surface area (Å²) < 4.78 is 40.4. The van der Waals surface area contributed by atoms with Crippen molar-refractivity contribution >= 4 is 5.91 Å².